The van der Waals surface area contributed by atoms with E-state index in [-0.39, 0.29) is 12.0 Å². The molecule has 0 aliphatic carbocycles. The van der Waals surface area contributed by atoms with Crippen molar-refractivity contribution in [3.8, 4) is 0 Å². The molecule has 0 aliphatic heterocycles. The molecule has 1 rings (SSSR count). The first-order valence-corrected chi connectivity index (χ1v) is 6.55. The van der Waals surface area contributed by atoms with Crippen LogP contribution in [0.25, 0.3) is 0 Å². The SMILES string of the molecule is COC(=O)CCCNC(C)c1cc(Cl)ccc1Cl. The Kier molecular flexibility index (Phi) is 6.47. The molecule has 1 aromatic rings. The summed E-state index contributed by atoms with van der Waals surface area (Å²) in [4.78, 5) is 10.9. The lowest BCUT2D eigenvalue weighted by atomic mass is 10.1. The molecule has 0 radical (unpaired) electrons. The second kappa shape index (κ2) is 7.62. The Morgan fingerprint density at radius 1 is 1.44 bits per heavy atom. The average molecular weight is 290 g/mol. The number of hydrogen-bond donors (Lipinski definition) is 1. The van der Waals surface area contributed by atoms with Gasteiger partial charge in [0.1, 0.15) is 0 Å². The molecule has 1 aromatic carbocycles. The van der Waals surface area contributed by atoms with Crippen LogP contribution in [0.4, 0.5) is 0 Å². The number of halogens is 2. The van der Waals surface area contributed by atoms with Crippen LogP contribution in [0.3, 0.4) is 0 Å². The highest BCUT2D eigenvalue weighted by Gasteiger charge is 2.09. The molecular weight excluding hydrogens is 273 g/mol. The fourth-order valence-corrected chi connectivity index (χ4v) is 2.07. The van der Waals surface area contributed by atoms with Crippen molar-refractivity contribution >= 4 is 29.2 Å². The molecule has 0 aliphatic rings. The highest BCUT2D eigenvalue weighted by molar-refractivity contribution is 6.33. The van der Waals surface area contributed by atoms with Gasteiger partial charge < -0.3 is 10.1 Å². The Morgan fingerprint density at radius 3 is 2.83 bits per heavy atom. The standard InChI is InChI=1S/C13H17Cl2NO2/c1-9(16-7-3-4-13(17)18-2)11-8-10(14)5-6-12(11)15/h5-6,8-9,16H,3-4,7H2,1-2H3. The zero-order valence-electron chi connectivity index (χ0n) is 10.5. The third-order valence-corrected chi connectivity index (χ3v) is 3.24. The predicted octanol–water partition coefficient (Wildman–Crippen LogP) is 3.60. The Morgan fingerprint density at radius 2 is 2.17 bits per heavy atom. The summed E-state index contributed by atoms with van der Waals surface area (Å²) in [6.07, 6.45) is 1.15. The Hall–Kier alpha value is -0.770. The normalized spacial score (nSPS) is 12.2. The average Bonchev–Trinajstić information content (AvgIpc) is 2.36. The van der Waals surface area contributed by atoms with Crippen molar-refractivity contribution in [2.45, 2.75) is 25.8 Å². The highest BCUT2D eigenvalue weighted by atomic mass is 35.5. The van der Waals surface area contributed by atoms with Gasteiger partial charge in [-0.2, -0.15) is 0 Å². The quantitative estimate of drug-likeness (QED) is 0.642. The molecule has 1 unspecified atom stereocenters. The maximum Gasteiger partial charge on any atom is 0.305 e. The zero-order chi connectivity index (χ0) is 13.5. The number of esters is 1. The van der Waals surface area contributed by atoms with E-state index in [1.165, 1.54) is 7.11 Å². The number of benzene rings is 1. The molecular formula is C13H17Cl2NO2. The van der Waals surface area contributed by atoms with E-state index in [2.05, 4.69) is 10.1 Å². The number of hydrogen-bond acceptors (Lipinski definition) is 3. The van der Waals surface area contributed by atoms with Gasteiger partial charge in [-0.1, -0.05) is 23.2 Å². The zero-order valence-corrected chi connectivity index (χ0v) is 12.0. The maximum absolute atomic E-state index is 10.9. The number of nitrogens with one attached hydrogen (secondary N) is 1. The van der Waals surface area contributed by atoms with E-state index in [9.17, 15) is 4.79 Å². The van der Waals surface area contributed by atoms with E-state index in [1.54, 1.807) is 12.1 Å². The maximum atomic E-state index is 10.9. The molecule has 3 nitrogen and oxygen atoms in total. The van der Waals surface area contributed by atoms with Crippen molar-refractivity contribution in [1.29, 1.82) is 0 Å². The third kappa shape index (κ3) is 4.84. The van der Waals surface area contributed by atoms with Crippen LogP contribution >= 0.6 is 23.2 Å². The molecule has 0 spiro atoms. The molecule has 0 saturated heterocycles. The molecule has 1 atom stereocenters. The first-order valence-electron chi connectivity index (χ1n) is 5.79. The van der Waals surface area contributed by atoms with Gasteiger partial charge in [-0.3, -0.25) is 4.79 Å². The Labute approximate surface area is 117 Å². The summed E-state index contributed by atoms with van der Waals surface area (Å²) in [7, 11) is 1.39. The number of methoxy groups -OCH3 is 1. The van der Waals surface area contributed by atoms with Gasteiger partial charge in [-0.05, 0) is 43.7 Å². The fourth-order valence-electron chi connectivity index (χ4n) is 1.61. The fraction of sp³-hybridized carbons (Fsp3) is 0.462. The number of rotatable bonds is 6. The topological polar surface area (TPSA) is 38.3 Å². The van der Waals surface area contributed by atoms with E-state index in [4.69, 9.17) is 23.2 Å². The summed E-state index contributed by atoms with van der Waals surface area (Å²) in [5.74, 6) is -0.190. The molecule has 18 heavy (non-hydrogen) atoms. The minimum atomic E-state index is -0.190. The second-order valence-electron chi connectivity index (χ2n) is 4.02. The molecule has 0 saturated carbocycles. The lowest BCUT2D eigenvalue weighted by Crippen LogP contribution is -2.21. The van der Waals surface area contributed by atoms with Crippen molar-refractivity contribution in [3.63, 3.8) is 0 Å². The Bertz CT molecular complexity index is 410. The molecule has 1 N–H and O–H groups in total. The molecule has 0 aromatic heterocycles. The third-order valence-electron chi connectivity index (χ3n) is 2.66. The van der Waals surface area contributed by atoms with Crippen LogP contribution in [-0.2, 0) is 9.53 Å². The van der Waals surface area contributed by atoms with Crippen LogP contribution in [0, 0.1) is 0 Å². The minimum absolute atomic E-state index is 0.0915. The van der Waals surface area contributed by atoms with Crippen molar-refractivity contribution in [3.05, 3.63) is 33.8 Å². The summed E-state index contributed by atoms with van der Waals surface area (Å²) < 4.78 is 4.57. The number of carbonyl (C=O) groups excluding carboxylic acids is 1. The molecule has 0 heterocycles. The van der Waals surface area contributed by atoms with Crippen LogP contribution in [0.2, 0.25) is 10.0 Å². The molecule has 0 bridgehead atoms. The summed E-state index contributed by atoms with van der Waals surface area (Å²) in [5, 5.41) is 4.65. The first kappa shape index (κ1) is 15.3. The predicted molar refractivity (Wildman–Crippen MR) is 74.1 cm³/mol. The van der Waals surface area contributed by atoms with Crippen LogP contribution < -0.4 is 5.32 Å². The molecule has 0 amide bonds. The summed E-state index contributed by atoms with van der Waals surface area (Å²) >= 11 is 12.0. The van der Waals surface area contributed by atoms with Crippen LogP contribution in [0.15, 0.2) is 18.2 Å². The van der Waals surface area contributed by atoms with Crippen LogP contribution in [-0.4, -0.2) is 19.6 Å². The largest absolute Gasteiger partial charge is 0.469 e. The lowest BCUT2D eigenvalue weighted by Gasteiger charge is -2.15. The van der Waals surface area contributed by atoms with Gasteiger partial charge in [0.05, 0.1) is 7.11 Å². The van der Waals surface area contributed by atoms with Gasteiger partial charge in [0.15, 0.2) is 0 Å². The van der Waals surface area contributed by atoms with Gasteiger partial charge in [0.25, 0.3) is 0 Å². The van der Waals surface area contributed by atoms with E-state index in [1.807, 2.05) is 13.0 Å². The monoisotopic (exact) mass is 289 g/mol. The summed E-state index contributed by atoms with van der Waals surface area (Å²) in [6, 6.07) is 5.49. The van der Waals surface area contributed by atoms with E-state index in [0.717, 1.165) is 18.5 Å². The smallest absolute Gasteiger partial charge is 0.305 e. The van der Waals surface area contributed by atoms with E-state index in [0.29, 0.717) is 16.5 Å². The van der Waals surface area contributed by atoms with Gasteiger partial charge >= 0.3 is 5.97 Å². The van der Waals surface area contributed by atoms with E-state index < -0.39 is 0 Å². The molecule has 100 valence electrons. The van der Waals surface area contributed by atoms with Crippen molar-refractivity contribution in [2.75, 3.05) is 13.7 Å². The molecule has 5 heteroatoms. The van der Waals surface area contributed by atoms with Gasteiger partial charge in [0.2, 0.25) is 0 Å². The Balaban J connectivity index is 2.43. The van der Waals surface area contributed by atoms with Crippen LogP contribution in [0.1, 0.15) is 31.4 Å². The van der Waals surface area contributed by atoms with E-state index >= 15 is 0 Å². The summed E-state index contributed by atoms with van der Waals surface area (Å²) in [5.41, 5.74) is 0.960. The lowest BCUT2D eigenvalue weighted by molar-refractivity contribution is -0.140. The first-order chi connectivity index (χ1) is 8.54. The molecule has 0 fully saturated rings. The number of carbonyl (C=O) groups is 1. The van der Waals surface area contributed by atoms with Gasteiger partial charge in [-0.25, -0.2) is 0 Å². The van der Waals surface area contributed by atoms with Gasteiger partial charge in [-0.15, -0.1) is 0 Å². The van der Waals surface area contributed by atoms with Crippen molar-refractivity contribution < 1.29 is 9.53 Å². The highest BCUT2D eigenvalue weighted by Crippen LogP contribution is 2.26. The van der Waals surface area contributed by atoms with Crippen molar-refractivity contribution in [1.82, 2.24) is 5.32 Å². The van der Waals surface area contributed by atoms with Gasteiger partial charge in [0, 0.05) is 22.5 Å². The number of ether oxygens (including phenoxy) is 1. The van der Waals surface area contributed by atoms with Crippen LogP contribution in [0.5, 0.6) is 0 Å². The minimum Gasteiger partial charge on any atom is -0.469 e. The second-order valence-corrected chi connectivity index (χ2v) is 4.86. The summed E-state index contributed by atoms with van der Waals surface area (Å²) in [6.45, 7) is 2.73. The van der Waals surface area contributed by atoms with Crippen molar-refractivity contribution in [2.24, 2.45) is 0 Å².